The van der Waals surface area contributed by atoms with Crippen LogP contribution in [0.1, 0.15) is 83.1 Å². The third-order valence-corrected chi connectivity index (χ3v) is 4.25. The predicted octanol–water partition coefficient (Wildman–Crippen LogP) is -0.0685. The molecule has 0 amide bonds. The fraction of sp³-hybridized carbons (Fsp3) is 1.00. The molecule has 0 bridgehead atoms. The molecule has 2 N–H and O–H groups in total. The summed E-state index contributed by atoms with van der Waals surface area (Å²) in [6.07, 6.45) is 0. The Hall–Kier alpha value is -0.250. The van der Waals surface area contributed by atoms with Crippen LogP contribution in [0.2, 0.25) is 0 Å². The Bertz CT molecular complexity index is 359. The molecule has 0 aromatic carbocycles. The first-order chi connectivity index (χ1) is 11.5. The van der Waals surface area contributed by atoms with Crippen molar-refractivity contribution in [3.8, 4) is 0 Å². The van der Waals surface area contributed by atoms with Gasteiger partial charge in [-0.2, -0.15) is 0 Å². The van der Waals surface area contributed by atoms with Gasteiger partial charge in [-0.05, 0) is 83.1 Å². The zero-order chi connectivity index (χ0) is 21.8. The predicted molar refractivity (Wildman–Crippen MR) is 104 cm³/mol. The third-order valence-electron chi connectivity index (χ3n) is 4.08. The van der Waals surface area contributed by atoms with Crippen molar-refractivity contribution in [1.29, 1.82) is 0 Å². The van der Waals surface area contributed by atoms with E-state index in [2.05, 4.69) is 87.4 Å². The van der Waals surface area contributed by atoms with Crippen molar-refractivity contribution in [3.63, 3.8) is 0 Å². The maximum atomic E-state index is 8.91. The Morgan fingerprint density at radius 1 is 0.577 bits per heavy atom. The van der Waals surface area contributed by atoms with Crippen molar-refractivity contribution in [2.24, 2.45) is 0 Å². The van der Waals surface area contributed by atoms with Crippen molar-refractivity contribution in [2.45, 2.75) is 119 Å². The lowest BCUT2D eigenvalue weighted by atomic mass is 10.2. The van der Waals surface area contributed by atoms with Gasteiger partial charge < -0.3 is 23.9 Å². The van der Waals surface area contributed by atoms with Crippen molar-refractivity contribution < 1.29 is 32.4 Å². The van der Waals surface area contributed by atoms with Gasteiger partial charge in [0.15, 0.2) is 0 Å². The maximum Gasteiger partial charge on any atom is 0.208 e. The third kappa shape index (κ3) is 17.2. The molecule has 0 aliphatic heterocycles. The Morgan fingerprint density at radius 2 is 0.692 bits per heavy atom. The van der Waals surface area contributed by atoms with Crippen LogP contribution in [-0.4, -0.2) is 49.2 Å². The van der Waals surface area contributed by atoms with Crippen LogP contribution in [0.4, 0.5) is 0 Å². The largest absolute Gasteiger partial charge is 0.726 e. The number of rotatable bonds is 7. The van der Waals surface area contributed by atoms with Gasteiger partial charge in [-0.25, -0.2) is 8.42 Å². The number of hydrogen-bond acceptors (Lipinski definition) is 5. The second-order valence-corrected chi connectivity index (χ2v) is 9.36. The summed E-state index contributed by atoms with van der Waals surface area (Å²) in [5.41, 5.74) is 0. The van der Waals surface area contributed by atoms with Gasteiger partial charge in [-0.15, -0.1) is 0 Å². The normalized spacial score (nSPS) is 12.4. The SMILES string of the molecule is CC(C)[NH+](C(C)C)C(C)C.CC(C)[NH+](C(C)C)C(C)C.O=S(=O)([O-])O[O-]. The van der Waals surface area contributed by atoms with E-state index in [1.54, 1.807) is 9.80 Å². The molecule has 26 heavy (non-hydrogen) atoms. The van der Waals surface area contributed by atoms with Crippen molar-refractivity contribution in [2.75, 3.05) is 0 Å². The average Bonchev–Trinajstić information content (AvgIpc) is 2.35. The van der Waals surface area contributed by atoms with E-state index in [-0.39, 0.29) is 0 Å². The molecule has 162 valence electrons. The van der Waals surface area contributed by atoms with Gasteiger partial charge in [0.1, 0.15) is 0 Å². The fourth-order valence-electron chi connectivity index (χ4n) is 4.00. The maximum absolute atomic E-state index is 8.91. The molecule has 0 atom stereocenters. The van der Waals surface area contributed by atoms with Gasteiger partial charge in [-0.3, -0.25) is 0 Å². The van der Waals surface area contributed by atoms with Crippen LogP contribution < -0.4 is 15.1 Å². The lowest BCUT2D eigenvalue weighted by molar-refractivity contribution is -0.962. The summed E-state index contributed by atoms with van der Waals surface area (Å²) in [7, 11) is -4.97. The fourth-order valence-corrected chi connectivity index (χ4v) is 4.00. The minimum Gasteiger partial charge on any atom is -0.726 e. The summed E-state index contributed by atoms with van der Waals surface area (Å²) < 4.78 is 28.8. The van der Waals surface area contributed by atoms with Gasteiger partial charge >= 0.3 is 0 Å². The van der Waals surface area contributed by atoms with Gasteiger partial charge in [0, 0.05) is 0 Å². The zero-order valence-electron chi connectivity index (χ0n) is 18.9. The van der Waals surface area contributed by atoms with Crippen LogP contribution in [0.3, 0.4) is 0 Å². The summed E-state index contributed by atoms with van der Waals surface area (Å²) in [4.78, 5) is 3.39. The molecule has 0 heterocycles. The molecule has 0 fully saturated rings. The second kappa shape index (κ2) is 14.8. The van der Waals surface area contributed by atoms with Gasteiger partial charge in [0.25, 0.3) is 0 Å². The van der Waals surface area contributed by atoms with Crippen LogP contribution in [0, 0.1) is 0 Å². The molecule has 0 rings (SSSR count). The van der Waals surface area contributed by atoms with Crippen LogP contribution in [0.5, 0.6) is 0 Å². The first kappa shape index (κ1) is 30.5. The van der Waals surface area contributed by atoms with Crippen LogP contribution >= 0.6 is 0 Å². The molecular formula is C18H44N2O5S. The first-order valence-corrected chi connectivity index (χ1v) is 10.8. The second-order valence-electron chi connectivity index (χ2n) is 8.40. The highest BCUT2D eigenvalue weighted by Gasteiger charge is 2.20. The highest BCUT2D eigenvalue weighted by molar-refractivity contribution is 7.80. The topological polar surface area (TPSA) is 98.4 Å². The highest BCUT2D eigenvalue weighted by Crippen LogP contribution is 1.82. The van der Waals surface area contributed by atoms with E-state index < -0.39 is 10.4 Å². The summed E-state index contributed by atoms with van der Waals surface area (Å²) >= 11 is 0. The average molecular weight is 401 g/mol. The van der Waals surface area contributed by atoms with Gasteiger partial charge in [-0.1, -0.05) is 0 Å². The molecule has 0 radical (unpaired) electrons. The Balaban J connectivity index is -0.000000316. The number of hydrogen-bond donors (Lipinski definition) is 2. The zero-order valence-corrected chi connectivity index (χ0v) is 19.7. The molecular weight excluding hydrogens is 356 g/mol. The lowest BCUT2D eigenvalue weighted by Crippen LogP contribution is -3.20. The Labute approximate surface area is 162 Å². The molecule has 0 unspecified atom stereocenters. The quantitative estimate of drug-likeness (QED) is 0.270. The number of quaternary nitrogens is 2. The van der Waals surface area contributed by atoms with Gasteiger partial charge in [0.2, 0.25) is 10.4 Å². The van der Waals surface area contributed by atoms with Gasteiger partial charge in [0.05, 0.1) is 36.3 Å². The minimum absolute atomic E-state index is 0.750. The summed E-state index contributed by atoms with van der Waals surface area (Å²) in [6.45, 7) is 27.4. The molecule has 0 saturated carbocycles. The lowest BCUT2D eigenvalue weighted by Gasteiger charge is -2.31. The summed E-state index contributed by atoms with van der Waals surface area (Å²) in [5, 5.41) is 8.55. The van der Waals surface area contributed by atoms with Crippen molar-refractivity contribution in [3.05, 3.63) is 0 Å². The van der Waals surface area contributed by atoms with Crippen LogP contribution in [0.15, 0.2) is 0 Å². The Morgan fingerprint density at radius 3 is 0.692 bits per heavy atom. The monoisotopic (exact) mass is 400 g/mol. The minimum atomic E-state index is -4.97. The Kier molecular flexibility index (Phi) is 17.3. The molecule has 0 aliphatic carbocycles. The van der Waals surface area contributed by atoms with Crippen LogP contribution in [0.25, 0.3) is 0 Å². The molecule has 0 saturated heterocycles. The van der Waals surface area contributed by atoms with E-state index in [1.807, 2.05) is 0 Å². The van der Waals surface area contributed by atoms with E-state index in [0.717, 1.165) is 36.3 Å². The molecule has 8 heteroatoms. The van der Waals surface area contributed by atoms with E-state index in [4.69, 9.17) is 18.2 Å². The first-order valence-electron chi connectivity index (χ1n) is 9.49. The van der Waals surface area contributed by atoms with Crippen molar-refractivity contribution >= 4 is 10.4 Å². The van der Waals surface area contributed by atoms with E-state index in [0.29, 0.717) is 0 Å². The van der Waals surface area contributed by atoms with Crippen LogP contribution in [-0.2, 0) is 14.7 Å². The summed E-state index contributed by atoms with van der Waals surface area (Å²) in [6, 6.07) is 4.50. The summed E-state index contributed by atoms with van der Waals surface area (Å²) in [5.74, 6) is 0. The molecule has 7 nitrogen and oxygen atoms in total. The number of nitrogens with one attached hydrogen (secondary N) is 2. The molecule has 0 spiro atoms. The van der Waals surface area contributed by atoms with E-state index in [9.17, 15) is 0 Å². The molecule has 0 aromatic heterocycles. The highest BCUT2D eigenvalue weighted by atomic mass is 32.3. The van der Waals surface area contributed by atoms with E-state index in [1.165, 1.54) is 0 Å². The standard InChI is InChI=1S/2C9H21N.H2O5S/c2*1-7(2)10(8(3)4)9(5)6;1-5-6(2,3)4/h2*7-9H,1-6H3;1H,(H,2,3,4). The molecule has 0 aromatic rings. The van der Waals surface area contributed by atoms with Crippen molar-refractivity contribution in [1.82, 2.24) is 0 Å². The molecule has 0 aliphatic rings. The smallest absolute Gasteiger partial charge is 0.208 e. The van der Waals surface area contributed by atoms with E-state index >= 15 is 0 Å².